The van der Waals surface area contributed by atoms with Gasteiger partial charge in [0, 0.05) is 19.3 Å². The highest BCUT2D eigenvalue weighted by molar-refractivity contribution is 7.89. The Hall–Kier alpha value is -1.34. The van der Waals surface area contributed by atoms with E-state index in [9.17, 15) is 13.2 Å². The smallest absolute Gasteiger partial charge is 0.268 e. The predicted octanol–water partition coefficient (Wildman–Crippen LogP) is 0.461. The normalized spacial score (nSPS) is 17.2. The molecule has 19 heavy (non-hydrogen) atoms. The second-order valence-electron chi connectivity index (χ2n) is 4.98. The van der Waals surface area contributed by atoms with Crippen molar-refractivity contribution >= 4 is 15.9 Å². The summed E-state index contributed by atoms with van der Waals surface area (Å²) in [5, 5.41) is 2.91. The van der Waals surface area contributed by atoms with Gasteiger partial charge in [-0.15, -0.1) is 0 Å². The molecule has 0 bridgehead atoms. The molecule has 1 aromatic rings. The molecule has 0 spiro atoms. The SMILES string of the molecule is CNS(=O)(=O)c1cc(C(=O)N[C@@H](C)C2CC2)n(C)c1. The van der Waals surface area contributed by atoms with E-state index in [4.69, 9.17) is 0 Å². The lowest BCUT2D eigenvalue weighted by Crippen LogP contribution is -2.34. The minimum Gasteiger partial charge on any atom is -0.348 e. The third-order valence-electron chi connectivity index (χ3n) is 3.48. The van der Waals surface area contributed by atoms with E-state index in [2.05, 4.69) is 10.0 Å². The van der Waals surface area contributed by atoms with Crippen molar-refractivity contribution < 1.29 is 13.2 Å². The Kier molecular flexibility index (Phi) is 3.69. The standard InChI is InChI=1S/C12H19N3O3S/c1-8(9-4-5-9)14-12(16)11-6-10(7-15(11)3)19(17,18)13-2/h6-9,13H,4-5H2,1-3H3,(H,14,16)/t8-/m0/s1. The van der Waals surface area contributed by atoms with Crippen LogP contribution in [0.5, 0.6) is 0 Å². The fourth-order valence-electron chi connectivity index (χ4n) is 2.02. The zero-order valence-electron chi connectivity index (χ0n) is 11.3. The van der Waals surface area contributed by atoms with Gasteiger partial charge in [0.15, 0.2) is 0 Å². The van der Waals surface area contributed by atoms with Gasteiger partial charge in [0.1, 0.15) is 10.6 Å². The summed E-state index contributed by atoms with van der Waals surface area (Å²) in [5.74, 6) is 0.323. The Balaban J connectivity index is 2.18. The Morgan fingerprint density at radius 1 is 1.47 bits per heavy atom. The molecular formula is C12H19N3O3S. The Morgan fingerprint density at radius 2 is 2.11 bits per heavy atom. The van der Waals surface area contributed by atoms with Gasteiger partial charge in [0.25, 0.3) is 5.91 Å². The number of rotatable bonds is 5. The van der Waals surface area contributed by atoms with Crippen LogP contribution in [-0.4, -0.2) is 32.0 Å². The van der Waals surface area contributed by atoms with Crippen LogP contribution in [0.4, 0.5) is 0 Å². The molecule has 1 aliphatic carbocycles. The molecule has 106 valence electrons. The van der Waals surface area contributed by atoms with Crippen molar-refractivity contribution in [1.82, 2.24) is 14.6 Å². The lowest BCUT2D eigenvalue weighted by atomic mass is 10.2. The van der Waals surface area contributed by atoms with Crippen LogP contribution in [0.15, 0.2) is 17.2 Å². The summed E-state index contributed by atoms with van der Waals surface area (Å²) in [5.41, 5.74) is 0.348. The molecule has 0 radical (unpaired) electrons. The van der Waals surface area contributed by atoms with Crippen molar-refractivity contribution in [3.8, 4) is 0 Å². The van der Waals surface area contributed by atoms with Gasteiger partial charge >= 0.3 is 0 Å². The summed E-state index contributed by atoms with van der Waals surface area (Å²) in [4.78, 5) is 12.2. The molecular weight excluding hydrogens is 266 g/mol. The second-order valence-corrected chi connectivity index (χ2v) is 6.87. The van der Waals surface area contributed by atoms with Gasteiger partial charge in [-0.05, 0) is 38.8 Å². The number of carbonyl (C=O) groups excluding carboxylic acids is 1. The number of sulfonamides is 1. The van der Waals surface area contributed by atoms with E-state index < -0.39 is 10.0 Å². The van der Waals surface area contributed by atoms with Gasteiger partial charge in [-0.25, -0.2) is 13.1 Å². The molecule has 1 fully saturated rings. The van der Waals surface area contributed by atoms with E-state index in [1.54, 1.807) is 7.05 Å². The topological polar surface area (TPSA) is 80.2 Å². The van der Waals surface area contributed by atoms with Crippen molar-refractivity contribution in [3.63, 3.8) is 0 Å². The van der Waals surface area contributed by atoms with Gasteiger partial charge in [0.2, 0.25) is 10.0 Å². The maximum atomic E-state index is 12.1. The summed E-state index contributed by atoms with van der Waals surface area (Å²) in [7, 11) is -0.514. The van der Waals surface area contributed by atoms with Crippen LogP contribution in [-0.2, 0) is 17.1 Å². The number of carbonyl (C=O) groups is 1. The zero-order chi connectivity index (χ0) is 14.2. The van der Waals surface area contributed by atoms with E-state index in [1.165, 1.54) is 23.9 Å². The van der Waals surface area contributed by atoms with Crippen LogP contribution in [0.3, 0.4) is 0 Å². The predicted molar refractivity (Wildman–Crippen MR) is 71.3 cm³/mol. The van der Waals surface area contributed by atoms with Crippen LogP contribution in [0.25, 0.3) is 0 Å². The Morgan fingerprint density at radius 3 is 2.63 bits per heavy atom. The summed E-state index contributed by atoms with van der Waals surface area (Å²) in [6, 6.07) is 1.52. The van der Waals surface area contributed by atoms with Crippen molar-refractivity contribution in [1.29, 1.82) is 0 Å². The highest BCUT2D eigenvalue weighted by Crippen LogP contribution is 2.32. The monoisotopic (exact) mass is 285 g/mol. The number of aryl methyl sites for hydroxylation is 1. The fraction of sp³-hybridized carbons (Fsp3) is 0.583. The molecule has 7 heteroatoms. The quantitative estimate of drug-likeness (QED) is 0.825. The van der Waals surface area contributed by atoms with Gasteiger partial charge < -0.3 is 9.88 Å². The highest BCUT2D eigenvalue weighted by Gasteiger charge is 2.30. The number of hydrogen-bond donors (Lipinski definition) is 2. The summed E-state index contributed by atoms with van der Waals surface area (Å²) in [6.07, 6.45) is 3.73. The molecule has 2 N–H and O–H groups in total. The highest BCUT2D eigenvalue weighted by atomic mass is 32.2. The maximum Gasteiger partial charge on any atom is 0.268 e. The number of nitrogens with one attached hydrogen (secondary N) is 2. The van der Waals surface area contributed by atoms with Gasteiger partial charge in [0.05, 0.1) is 0 Å². The minimum atomic E-state index is -3.52. The summed E-state index contributed by atoms with van der Waals surface area (Å²) in [6.45, 7) is 1.98. The Bertz CT molecular complexity index is 587. The van der Waals surface area contributed by atoms with Crippen LogP contribution in [0.2, 0.25) is 0 Å². The molecule has 1 aromatic heterocycles. The molecule has 0 saturated heterocycles. The first-order chi connectivity index (χ1) is 8.85. The van der Waals surface area contributed by atoms with Crippen molar-refractivity contribution in [2.75, 3.05) is 7.05 Å². The summed E-state index contributed by atoms with van der Waals surface area (Å²) < 4.78 is 27.1. The molecule has 0 unspecified atom stereocenters. The molecule has 0 aliphatic heterocycles. The van der Waals surface area contributed by atoms with Crippen molar-refractivity contribution in [3.05, 3.63) is 18.0 Å². The first kappa shape index (κ1) is 14.1. The molecule has 6 nitrogen and oxygen atoms in total. The molecule has 1 heterocycles. The van der Waals surface area contributed by atoms with Crippen molar-refractivity contribution in [2.45, 2.75) is 30.7 Å². The van der Waals surface area contributed by atoms with E-state index in [-0.39, 0.29) is 16.8 Å². The van der Waals surface area contributed by atoms with Gasteiger partial charge in [-0.2, -0.15) is 0 Å². The van der Waals surface area contributed by atoms with E-state index in [1.807, 2.05) is 6.92 Å². The van der Waals surface area contributed by atoms with Crippen LogP contribution >= 0.6 is 0 Å². The molecule has 1 amide bonds. The molecule has 2 rings (SSSR count). The number of amides is 1. The second kappa shape index (κ2) is 4.97. The van der Waals surface area contributed by atoms with Crippen molar-refractivity contribution in [2.24, 2.45) is 13.0 Å². The third kappa shape index (κ3) is 2.98. The average molecular weight is 285 g/mol. The summed E-state index contributed by atoms with van der Waals surface area (Å²) >= 11 is 0. The zero-order valence-corrected chi connectivity index (χ0v) is 12.1. The first-order valence-electron chi connectivity index (χ1n) is 6.26. The Labute approximate surface area is 113 Å². The number of hydrogen-bond acceptors (Lipinski definition) is 3. The average Bonchev–Trinajstić information content (AvgIpc) is 3.12. The van der Waals surface area contributed by atoms with E-state index >= 15 is 0 Å². The third-order valence-corrected chi connectivity index (χ3v) is 4.86. The lowest BCUT2D eigenvalue weighted by Gasteiger charge is -2.12. The maximum absolute atomic E-state index is 12.1. The molecule has 1 saturated carbocycles. The van der Waals surface area contributed by atoms with Gasteiger partial charge in [-0.3, -0.25) is 4.79 Å². The molecule has 0 aromatic carbocycles. The van der Waals surface area contributed by atoms with E-state index in [0.29, 0.717) is 11.6 Å². The van der Waals surface area contributed by atoms with Gasteiger partial charge in [-0.1, -0.05) is 0 Å². The number of aromatic nitrogens is 1. The van der Waals surface area contributed by atoms with E-state index in [0.717, 1.165) is 12.8 Å². The lowest BCUT2D eigenvalue weighted by molar-refractivity contribution is 0.0927. The largest absolute Gasteiger partial charge is 0.348 e. The van der Waals surface area contributed by atoms with Crippen LogP contribution < -0.4 is 10.0 Å². The minimum absolute atomic E-state index is 0.0988. The molecule has 1 atom stereocenters. The molecule has 1 aliphatic rings. The fourth-order valence-corrected chi connectivity index (χ4v) is 2.82. The van der Waals surface area contributed by atoms with Crippen LogP contribution in [0, 0.1) is 5.92 Å². The van der Waals surface area contributed by atoms with Crippen LogP contribution in [0.1, 0.15) is 30.3 Å². The first-order valence-corrected chi connectivity index (χ1v) is 7.74. The number of nitrogens with zero attached hydrogens (tertiary/aromatic N) is 1.